The predicted molar refractivity (Wildman–Crippen MR) is 120 cm³/mol. The smallest absolute Gasteiger partial charge is 0.311 e. The van der Waals surface area contributed by atoms with Crippen molar-refractivity contribution < 1.29 is 23.9 Å². The third-order valence-electron chi connectivity index (χ3n) is 8.19. The average Bonchev–Trinajstić information content (AvgIpc) is 3.09. The minimum absolute atomic E-state index is 0.000191. The fourth-order valence-corrected chi connectivity index (χ4v) is 6.65. The number of methoxy groups -OCH3 is 1. The van der Waals surface area contributed by atoms with E-state index >= 15 is 0 Å². The number of benzene rings is 1. The Kier molecular flexibility index (Phi) is 6.75. The van der Waals surface area contributed by atoms with Gasteiger partial charge in [0.05, 0.1) is 11.5 Å². The molecule has 4 rings (SSSR count). The fraction of sp³-hybridized carbons (Fsp3) is 0.720. The molecule has 3 aliphatic rings. The molecule has 7 nitrogen and oxygen atoms in total. The van der Waals surface area contributed by atoms with E-state index in [0.717, 1.165) is 50.5 Å². The Morgan fingerprint density at radius 2 is 2.03 bits per heavy atom. The van der Waals surface area contributed by atoms with Gasteiger partial charge in [0, 0.05) is 25.0 Å². The van der Waals surface area contributed by atoms with Gasteiger partial charge in [-0.2, -0.15) is 0 Å². The number of nitro groups is 1. The molecular formula is C25H35NO6. The summed E-state index contributed by atoms with van der Waals surface area (Å²) < 4.78 is 16.6. The topological polar surface area (TPSA) is 87.9 Å². The predicted octanol–water partition coefficient (Wildman–Crippen LogP) is 5.19. The van der Waals surface area contributed by atoms with Crippen LogP contribution in [0.5, 0.6) is 5.75 Å². The zero-order chi connectivity index (χ0) is 22.9. The van der Waals surface area contributed by atoms with Gasteiger partial charge in [-0.1, -0.05) is 13.8 Å². The van der Waals surface area contributed by atoms with Crippen LogP contribution in [-0.4, -0.2) is 37.3 Å². The van der Waals surface area contributed by atoms with Crippen LogP contribution in [0.25, 0.3) is 0 Å². The van der Waals surface area contributed by atoms with E-state index in [1.54, 1.807) is 13.2 Å². The summed E-state index contributed by atoms with van der Waals surface area (Å²) in [5, 5.41) is 11.8. The van der Waals surface area contributed by atoms with Gasteiger partial charge in [0.1, 0.15) is 12.7 Å². The van der Waals surface area contributed by atoms with Crippen LogP contribution in [0.15, 0.2) is 12.1 Å². The van der Waals surface area contributed by atoms with Crippen molar-refractivity contribution in [2.75, 3.05) is 20.3 Å². The summed E-state index contributed by atoms with van der Waals surface area (Å²) in [6.07, 6.45) is 7.23. The van der Waals surface area contributed by atoms with Crippen molar-refractivity contribution in [3.63, 3.8) is 0 Å². The number of nitrogens with zero attached hydrogens (tertiary/aromatic N) is 1. The lowest BCUT2D eigenvalue weighted by Crippen LogP contribution is -2.45. The van der Waals surface area contributed by atoms with E-state index in [4.69, 9.17) is 14.2 Å². The van der Waals surface area contributed by atoms with E-state index in [1.807, 2.05) is 13.0 Å². The Balaban J connectivity index is 1.57. The number of ether oxygens (including phenoxy) is 3. The minimum Gasteiger partial charge on any atom is -0.484 e. The maximum absolute atomic E-state index is 12.2. The molecule has 2 fully saturated rings. The molecule has 2 saturated carbocycles. The number of carbonyl (C=O) groups is 1. The van der Waals surface area contributed by atoms with Crippen molar-refractivity contribution in [3.8, 4) is 5.75 Å². The van der Waals surface area contributed by atoms with Crippen molar-refractivity contribution in [1.29, 1.82) is 0 Å². The summed E-state index contributed by atoms with van der Waals surface area (Å²) in [5.41, 5.74) is 2.36. The molecule has 0 bridgehead atoms. The maximum atomic E-state index is 12.2. The average molecular weight is 446 g/mol. The standard InChI is InChI=1S/C25H35NO6/c1-4-5-24(27)32-23-9-8-20-18-7-6-16-14-22(31-13-12-30-3)21(26(28)29)15-19(16)17(18)10-11-25(20,23)2/h14-15,17-18,20,23H,4-13H2,1-3H3/t17?,18?,20?,23-,25-/m0/s1. The summed E-state index contributed by atoms with van der Waals surface area (Å²) in [6, 6.07) is 3.65. The molecule has 0 radical (unpaired) electrons. The van der Waals surface area contributed by atoms with Crippen molar-refractivity contribution in [2.24, 2.45) is 17.3 Å². The largest absolute Gasteiger partial charge is 0.484 e. The molecule has 3 aliphatic carbocycles. The Morgan fingerprint density at radius 1 is 1.22 bits per heavy atom. The summed E-state index contributed by atoms with van der Waals surface area (Å²) in [5.74, 6) is 1.57. The Labute approximate surface area is 190 Å². The summed E-state index contributed by atoms with van der Waals surface area (Å²) in [7, 11) is 1.58. The molecule has 7 heteroatoms. The second kappa shape index (κ2) is 9.38. The third-order valence-corrected chi connectivity index (χ3v) is 8.19. The molecule has 3 unspecified atom stereocenters. The van der Waals surface area contributed by atoms with Crippen LogP contribution in [0.3, 0.4) is 0 Å². The molecule has 1 aromatic rings. The van der Waals surface area contributed by atoms with Gasteiger partial charge in [-0.3, -0.25) is 14.9 Å². The highest BCUT2D eigenvalue weighted by Crippen LogP contribution is 2.62. The highest BCUT2D eigenvalue weighted by atomic mass is 16.6. The Hall–Kier alpha value is -2.15. The molecule has 0 amide bonds. The van der Waals surface area contributed by atoms with Crippen molar-refractivity contribution in [1.82, 2.24) is 0 Å². The van der Waals surface area contributed by atoms with Gasteiger partial charge >= 0.3 is 11.7 Å². The van der Waals surface area contributed by atoms with Crippen LogP contribution in [0.2, 0.25) is 0 Å². The number of esters is 1. The summed E-state index contributed by atoms with van der Waals surface area (Å²) in [4.78, 5) is 23.6. The van der Waals surface area contributed by atoms with Crippen molar-refractivity contribution in [3.05, 3.63) is 33.4 Å². The molecule has 0 saturated heterocycles. The van der Waals surface area contributed by atoms with E-state index in [2.05, 4.69) is 6.92 Å². The highest BCUT2D eigenvalue weighted by Gasteiger charge is 2.56. The molecule has 0 spiro atoms. The van der Waals surface area contributed by atoms with Crippen LogP contribution < -0.4 is 4.74 Å². The molecular weight excluding hydrogens is 410 g/mol. The minimum atomic E-state index is -0.336. The van der Waals surface area contributed by atoms with E-state index < -0.39 is 0 Å². The highest BCUT2D eigenvalue weighted by molar-refractivity contribution is 5.69. The van der Waals surface area contributed by atoms with Gasteiger partial charge in [0.25, 0.3) is 0 Å². The summed E-state index contributed by atoms with van der Waals surface area (Å²) in [6.45, 7) is 4.98. The van der Waals surface area contributed by atoms with Crippen LogP contribution in [0.1, 0.15) is 75.8 Å². The Morgan fingerprint density at radius 3 is 2.75 bits per heavy atom. The zero-order valence-electron chi connectivity index (χ0n) is 19.4. The van der Waals surface area contributed by atoms with E-state index in [1.165, 1.54) is 5.56 Å². The number of hydrogen-bond donors (Lipinski definition) is 0. The molecule has 176 valence electrons. The molecule has 5 atom stereocenters. The van der Waals surface area contributed by atoms with Crippen molar-refractivity contribution in [2.45, 2.75) is 77.2 Å². The molecule has 1 aromatic carbocycles. The van der Waals surface area contributed by atoms with Crippen LogP contribution in [-0.2, 0) is 20.7 Å². The van der Waals surface area contributed by atoms with Crippen LogP contribution >= 0.6 is 0 Å². The van der Waals surface area contributed by atoms with E-state index in [9.17, 15) is 14.9 Å². The van der Waals surface area contributed by atoms with Gasteiger partial charge in [-0.05, 0) is 79.9 Å². The number of fused-ring (bicyclic) bond motifs is 5. The number of rotatable bonds is 8. The lowest BCUT2D eigenvalue weighted by Gasteiger charge is -2.50. The number of hydrogen-bond acceptors (Lipinski definition) is 6. The van der Waals surface area contributed by atoms with Gasteiger partial charge in [-0.15, -0.1) is 0 Å². The van der Waals surface area contributed by atoms with Gasteiger partial charge < -0.3 is 14.2 Å². The molecule has 0 aliphatic heterocycles. The molecule has 32 heavy (non-hydrogen) atoms. The monoisotopic (exact) mass is 445 g/mol. The summed E-state index contributed by atoms with van der Waals surface area (Å²) >= 11 is 0. The first kappa shape index (κ1) is 23.0. The van der Waals surface area contributed by atoms with Gasteiger partial charge in [0.15, 0.2) is 5.75 Å². The normalized spacial score (nSPS) is 30.7. The number of nitro benzene ring substituents is 1. The maximum Gasteiger partial charge on any atom is 0.311 e. The van der Waals surface area contributed by atoms with Crippen molar-refractivity contribution >= 4 is 11.7 Å². The van der Waals surface area contributed by atoms with Crippen LogP contribution in [0, 0.1) is 27.4 Å². The lowest BCUT2D eigenvalue weighted by atomic mass is 9.55. The first-order valence-corrected chi connectivity index (χ1v) is 12.0. The number of carbonyl (C=O) groups excluding carboxylic acids is 1. The van der Waals surface area contributed by atoms with Crippen LogP contribution in [0.4, 0.5) is 5.69 Å². The fourth-order valence-electron chi connectivity index (χ4n) is 6.65. The zero-order valence-corrected chi connectivity index (χ0v) is 19.4. The first-order valence-electron chi connectivity index (χ1n) is 12.0. The lowest BCUT2D eigenvalue weighted by molar-refractivity contribution is -0.386. The second-order valence-electron chi connectivity index (χ2n) is 9.88. The quantitative estimate of drug-likeness (QED) is 0.237. The van der Waals surface area contributed by atoms with E-state index in [0.29, 0.717) is 43.1 Å². The van der Waals surface area contributed by atoms with Gasteiger partial charge in [0.2, 0.25) is 0 Å². The third kappa shape index (κ3) is 4.12. The number of aryl methyl sites for hydroxylation is 1. The molecule has 0 N–H and O–H groups in total. The van der Waals surface area contributed by atoms with E-state index in [-0.39, 0.29) is 28.1 Å². The first-order chi connectivity index (χ1) is 15.4. The van der Waals surface area contributed by atoms with Gasteiger partial charge in [-0.25, -0.2) is 0 Å². The SMILES string of the molecule is CCCC(=O)O[C@H]1CCC2C3CCc4cc(OCCOC)c([N+](=O)[O-])cc4C3CC[C@@]21C. The Bertz CT molecular complexity index is 870. The molecule has 0 aromatic heterocycles. The molecule has 0 heterocycles. The second-order valence-corrected chi connectivity index (χ2v) is 9.88.